The van der Waals surface area contributed by atoms with Gasteiger partial charge in [0.05, 0.1) is 0 Å². The lowest BCUT2D eigenvalue weighted by Crippen LogP contribution is -2.38. The van der Waals surface area contributed by atoms with Gasteiger partial charge in [-0.05, 0) is 30.7 Å². The highest BCUT2D eigenvalue weighted by atomic mass is 16.5. The summed E-state index contributed by atoms with van der Waals surface area (Å²) in [7, 11) is 0. The first kappa shape index (κ1) is 13.0. The minimum Gasteiger partial charge on any atom is -0.490 e. The van der Waals surface area contributed by atoms with Gasteiger partial charge in [-0.3, -0.25) is 4.98 Å². The molecule has 1 aromatic heterocycles. The van der Waals surface area contributed by atoms with Crippen LogP contribution in [0.3, 0.4) is 0 Å². The molecule has 1 aliphatic rings. The molecule has 1 aromatic carbocycles. The van der Waals surface area contributed by atoms with Gasteiger partial charge >= 0.3 is 0 Å². The van der Waals surface area contributed by atoms with Gasteiger partial charge in [-0.25, -0.2) is 0 Å². The molecular weight excluding hydrogens is 248 g/mol. The molecule has 0 aliphatic carbocycles. The number of nitrogens with zero attached hydrogens (tertiary/aromatic N) is 2. The molecule has 1 fully saturated rings. The van der Waals surface area contributed by atoms with E-state index in [4.69, 9.17) is 4.74 Å². The summed E-state index contributed by atoms with van der Waals surface area (Å²) in [5.41, 5.74) is 2.55. The van der Waals surface area contributed by atoms with Crippen LogP contribution in [0.1, 0.15) is 18.4 Å². The smallest absolute Gasteiger partial charge is 0.119 e. The fourth-order valence-corrected chi connectivity index (χ4v) is 2.73. The Hall–Kier alpha value is -2.03. The number of aryl methyl sites for hydroxylation is 1. The number of para-hydroxylation sites is 1. The topological polar surface area (TPSA) is 25.4 Å². The molecule has 0 bridgehead atoms. The first-order chi connectivity index (χ1) is 9.83. The predicted octanol–water partition coefficient (Wildman–Crippen LogP) is 3.44. The van der Waals surface area contributed by atoms with E-state index in [2.05, 4.69) is 22.9 Å². The van der Waals surface area contributed by atoms with Crippen LogP contribution >= 0.6 is 0 Å². The largest absolute Gasteiger partial charge is 0.490 e. The SMILES string of the molecule is Cc1cnccc1N1CCC(Oc2ccccc2)CC1. The van der Waals surface area contributed by atoms with E-state index < -0.39 is 0 Å². The molecule has 3 rings (SSSR count). The van der Waals surface area contributed by atoms with Gasteiger partial charge in [0.15, 0.2) is 0 Å². The van der Waals surface area contributed by atoms with E-state index in [0.29, 0.717) is 6.10 Å². The fourth-order valence-electron chi connectivity index (χ4n) is 2.73. The van der Waals surface area contributed by atoms with E-state index in [9.17, 15) is 0 Å². The van der Waals surface area contributed by atoms with Gasteiger partial charge in [0.2, 0.25) is 0 Å². The Bertz CT molecular complexity index is 548. The van der Waals surface area contributed by atoms with E-state index in [1.165, 1.54) is 11.3 Å². The second-order valence-corrected chi connectivity index (χ2v) is 5.28. The lowest BCUT2D eigenvalue weighted by Gasteiger charge is -2.34. The zero-order valence-corrected chi connectivity index (χ0v) is 11.8. The van der Waals surface area contributed by atoms with Crippen LogP contribution in [0.4, 0.5) is 5.69 Å². The third-order valence-corrected chi connectivity index (χ3v) is 3.82. The molecule has 3 heteroatoms. The van der Waals surface area contributed by atoms with Crippen LogP contribution < -0.4 is 9.64 Å². The van der Waals surface area contributed by atoms with Crippen molar-refractivity contribution in [3.8, 4) is 5.75 Å². The monoisotopic (exact) mass is 268 g/mol. The van der Waals surface area contributed by atoms with Crippen LogP contribution in [-0.4, -0.2) is 24.2 Å². The quantitative estimate of drug-likeness (QED) is 0.852. The average molecular weight is 268 g/mol. The lowest BCUT2D eigenvalue weighted by atomic mass is 10.1. The molecule has 2 heterocycles. The highest BCUT2D eigenvalue weighted by Gasteiger charge is 2.21. The van der Waals surface area contributed by atoms with Crippen LogP contribution in [0.15, 0.2) is 48.8 Å². The molecule has 0 radical (unpaired) electrons. The van der Waals surface area contributed by atoms with Crippen molar-refractivity contribution in [2.24, 2.45) is 0 Å². The highest BCUT2D eigenvalue weighted by molar-refractivity contribution is 5.51. The summed E-state index contributed by atoms with van der Waals surface area (Å²) in [5, 5.41) is 0. The zero-order chi connectivity index (χ0) is 13.8. The van der Waals surface area contributed by atoms with Crippen molar-refractivity contribution < 1.29 is 4.74 Å². The number of hydrogen-bond donors (Lipinski definition) is 0. The van der Waals surface area contributed by atoms with E-state index >= 15 is 0 Å². The van der Waals surface area contributed by atoms with Crippen LogP contribution in [-0.2, 0) is 0 Å². The molecule has 0 N–H and O–H groups in total. The van der Waals surface area contributed by atoms with Crippen LogP contribution in [0.25, 0.3) is 0 Å². The Labute approximate surface area is 120 Å². The Kier molecular flexibility index (Phi) is 3.86. The molecule has 0 atom stereocenters. The number of hydrogen-bond acceptors (Lipinski definition) is 3. The van der Waals surface area contributed by atoms with Crippen LogP contribution in [0, 0.1) is 6.92 Å². The maximum atomic E-state index is 6.03. The summed E-state index contributed by atoms with van der Waals surface area (Å²) in [6.07, 6.45) is 6.26. The summed E-state index contributed by atoms with van der Waals surface area (Å²) in [5.74, 6) is 0.978. The van der Waals surface area contributed by atoms with Gasteiger partial charge < -0.3 is 9.64 Å². The van der Waals surface area contributed by atoms with E-state index in [-0.39, 0.29) is 0 Å². The molecule has 2 aromatic rings. The summed E-state index contributed by atoms with van der Waals surface area (Å²) in [4.78, 5) is 6.59. The van der Waals surface area contributed by atoms with Crippen LogP contribution in [0.2, 0.25) is 0 Å². The molecule has 3 nitrogen and oxygen atoms in total. The minimum absolute atomic E-state index is 0.329. The van der Waals surface area contributed by atoms with Gasteiger partial charge in [0.25, 0.3) is 0 Å². The minimum atomic E-state index is 0.329. The molecule has 104 valence electrons. The van der Waals surface area contributed by atoms with Crippen molar-refractivity contribution in [3.05, 3.63) is 54.4 Å². The third kappa shape index (κ3) is 2.93. The Morgan fingerprint density at radius 2 is 1.85 bits per heavy atom. The van der Waals surface area contributed by atoms with Crippen molar-refractivity contribution >= 4 is 5.69 Å². The maximum absolute atomic E-state index is 6.03. The Morgan fingerprint density at radius 3 is 2.55 bits per heavy atom. The van der Waals surface area contributed by atoms with E-state index in [1.807, 2.05) is 42.7 Å². The lowest BCUT2D eigenvalue weighted by molar-refractivity contribution is 0.171. The van der Waals surface area contributed by atoms with Crippen molar-refractivity contribution in [2.45, 2.75) is 25.9 Å². The summed E-state index contributed by atoms with van der Waals surface area (Å²) >= 11 is 0. The first-order valence-electron chi connectivity index (χ1n) is 7.20. The van der Waals surface area contributed by atoms with Crippen molar-refractivity contribution in [2.75, 3.05) is 18.0 Å². The number of aromatic nitrogens is 1. The fraction of sp³-hybridized carbons (Fsp3) is 0.353. The Morgan fingerprint density at radius 1 is 1.10 bits per heavy atom. The average Bonchev–Trinajstić information content (AvgIpc) is 2.50. The van der Waals surface area contributed by atoms with Gasteiger partial charge in [-0.15, -0.1) is 0 Å². The third-order valence-electron chi connectivity index (χ3n) is 3.82. The summed E-state index contributed by atoms with van der Waals surface area (Å²) in [6, 6.07) is 12.2. The number of rotatable bonds is 3. The second-order valence-electron chi connectivity index (χ2n) is 5.28. The van der Waals surface area contributed by atoms with Crippen LogP contribution in [0.5, 0.6) is 5.75 Å². The molecule has 0 spiro atoms. The Balaban J connectivity index is 1.59. The molecule has 20 heavy (non-hydrogen) atoms. The number of pyridine rings is 1. The van der Waals surface area contributed by atoms with Crippen molar-refractivity contribution in [3.63, 3.8) is 0 Å². The number of benzene rings is 1. The number of piperidine rings is 1. The van der Waals surface area contributed by atoms with Gasteiger partial charge in [0, 0.05) is 44.0 Å². The van der Waals surface area contributed by atoms with Crippen molar-refractivity contribution in [1.29, 1.82) is 0 Å². The van der Waals surface area contributed by atoms with Gasteiger partial charge in [-0.2, -0.15) is 0 Å². The standard InChI is InChI=1S/C17H20N2O/c1-14-13-18-10-7-17(14)19-11-8-16(9-12-19)20-15-5-3-2-4-6-15/h2-7,10,13,16H,8-9,11-12H2,1H3. The van der Waals surface area contributed by atoms with Crippen molar-refractivity contribution in [1.82, 2.24) is 4.98 Å². The molecular formula is C17H20N2O. The second kappa shape index (κ2) is 5.95. The maximum Gasteiger partial charge on any atom is 0.119 e. The molecule has 0 amide bonds. The summed E-state index contributed by atoms with van der Waals surface area (Å²) < 4.78 is 6.03. The predicted molar refractivity (Wildman–Crippen MR) is 81.3 cm³/mol. The van der Waals surface area contributed by atoms with Gasteiger partial charge in [-0.1, -0.05) is 18.2 Å². The van der Waals surface area contributed by atoms with E-state index in [1.54, 1.807) is 0 Å². The van der Waals surface area contributed by atoms with Gasteiger partial charge in [0.1, 0.15) is 11.9 Å². The molecule has 0 unspecified atom stereocenters. The number of anilines is 1. The highest BCUT2D eigenvalue weighted by Crippen LogP contribution is 2.24. The molecule has 1 aliphatic heterocycles. The number of ether oxygens (including phenoxy) is 1. The molecule has 1 saturated heterocycles. The van der Waals surface area contributed by atoms with E-state index in [0.717, 1.165) is 31.7 Å². The summed E-state index contributed by atoms with van der Waals surface area (Å²) in [6.45, 7) is 4.21. The first-order valence-corrected chi connectivity index (χ1v) is 7.20. The normalized spacial score (nSPS) is 16.1. The zero-order valence-electron chi connectivity index (χ0n) is 11.8. The molecule has 0 saturated carbocycles.